The van der Waals surface area contributed by atoms with Gasteiger partial charge in [0, 0.05) is 24.4 Å². The predicted molar refractivity (Wildman–Crippen MR) is 142 cm³/mol. The summed E-state index contributed by atoms with van der Waals surface area (Å²) in [4.78, 5) is 44.9. The number of carbonyl (C=O) groups excluding carboxylic acids is 3. The summed E-state index contributed by atoms with van der Waals surface area (Å²) in [5, 5.41) is 7.26. The molecule has 2 aromatic carbocycles. The van der Waals surface area contributed by atoms with Crippen molar-refractivity contribution in [1.29, 1.82) is 0 Å². The molecule has 0 spiro atoms. The Morgan fingerprint density at radius 3 is 2.34 bits per heavy atom. The van der Waals surface area contributed by atoms with E-state index in [1.165, 1.54) is 9.91 Å². The molecule has 1 aromatic heterocycles. The highest BCUT2D eigenvalue weighted by molar-refractivity contribution is 7.09. The summed E-state index contributed by atoms with van der Waals surface area (Å²) in [5.74, 6) is -0.528. The number of hydrazine groups is 1. The van der Waals surface area contributed by atoms with Crippen LogP contribution in [-0.2, 0) is 29.0 Å². The van der Waals surface area contributed by atoms with Crippen molar-refractivity contribution in [3.63, 3.8) is 0 Å². The van der Waals surface area contributed by atoms with Crippen molar-refractivity contribution in [2.24, 2.45) is 0 Å². The van der Waals surface area contributed by atoms with E-state index in [0.29, 0.717) is 19.4 Å². The van der Waals surface area contributed by atoms with Gasteiger partial charge in [0.25, 0.3) is 0 Å². The lowest BCUT2D eigenvalue weighted by Gasteiger charge is -2.54. The second-order valence-corrected chi connectivity index (χ2v) is 10.4. The van der Waals surface area contributed by atoms with Gasteiger partial charge >= 0.3 is 6.03 Å². The maximum atomic E-state index is 14.2. The number of nitrogens with one attached hydrogen (secondary N) is 1. The number of rotatable bonds is 8. The van der Waals surface area contributed by atoms with E-state index in [1.807, 2.05) is 78.2 Å². The van der Waals surface area contributed by atoms with Gasteiger partial charge in [-0.25, -0.2) is 14.2 Å². The van der Waals surface area contributed by atoms with Gasteiger partial charge in [-0.2, -0.15) is 5.01 Å². The summed E-state index contributed by atoms with van der Waals surface area (Å²) in [5.41, 5.74) is 1.81. The van der Waals surface area contributed by atoms with E-state index in [-0.39, 0.29) is 31.4 Å². The van der Waals surface area contributed by atoms with Crippen LogP contribution in [0.4, 0.5) is 9.18 Å². The molecule has 4 amide bonds. The Hall–Kier alpha value is -3.76. The standard InChI is InChI=1S/C28H30FN5O3S/c29-20-32-19-26(35)33-24(16-21-8-3-1-4-9-21)27(36)31(14-13-23-12-7-15-38-23)18-25(33)34(32)28(37)30-17-22-10-5-2-6-11-22/h1-12,15,24-25H,13-14,16-20H2,(H,30,37)/t24-,25-/m0/s1. The number of hydrogen-bond donors (Lipinski definition) is 1. The number of urea groups is 1. The van der Waals surface area contributed by atoms with E-state index in [9.17, 15) is 18.8 Å². The smallest absolute Gasteiger partial charge is 0.334 e. The highest BCUT2D eigenvalue weighted by atomic mass is 32.1. The van der Waals surface area contributed by atoms with Crippen LogP contribution in [0.2, 0.25) is 0 Å². The van der Waals surface area contributed by atoms with Crippen LogP contribution in [0.3, 0.4) is 0 Å². The molecule has 0 radical (unpaired) electrons. The summed E-state index contributed by atoms with van der Waals surface area (Å²) in [6.07, 6.45) is 0.152. The number of alkyl halides is 1. The molecule has 2 atom stereocenters. The van der Waals surface area contributed by atoms with Crippen molar-refractivity contribution in [3.05, 3.63) is 94.2 Å². The Labute approximate surface area is 225 Å². The summed E-state index contributed by atoms with van der Waals surface area (Å²) < 4.78 is 14.2. The number of carbonyl (C=O) groups is 3. The number of benzene rings is 2. The van der Waals surface area contributed by atoms with E-state index in [2.05, 4.69) is 5.32 Å². The van der Waals surface area contributed by atoms with Gasteiger partial charge in [0.15, 0.2) is 6.80 Å². The fourth-order valence-electron chi connectivity index (χ4n) is 5.09. The number of thiophene rings is 1. The maximum Gasteiger partial charge on any atom is 0.334 e. The van der Waals surface area contributed by atoms with E-state index < -0.39 is 25.0 Å². The van der Waals surface area contributed by atoms with Crippen molar-refractivity contribution in [2.75, 3.05) is 26.4 Å². The van der Waals surface area contributed by atoms with E-state index in [0.717, 1.165) is 21.0 Å². The zero-order valence-corrected chi connectivity index (χ0v) is 21.7. The minimum absolute atomic E-state index is 0.108. The van der Waals surface area contributed by atoms with Crippen LogP contribution in [0.15, 0.2) is 78.2 Å². The average molecular weight is 536 g/mol. The third-order valence-corrected chi connectivity index (χ3v) is 7.88. The predicted octanol–water partition coefficient (Wildman–Crippen LogP) is 3.27. The topological polar surface area (TPSA) is 76.2 Å². The molecule has 0 bridgehead atoms. The van der Waals surface area contributed by atoms with Crippen molar-refractivity contribution in [2.45, 2.75) is 31.6 Å². The first-order chi connectivity index (χ1) is 18.5. The molecular weight excluding hydrogens is 505 g/mol. The molecule has 8 nitrogen and oxygen atoms in total. The zero-order chi connectivity index (χ0) is 26.5. The number of fused-ring (bicyclic) bond motifs is 1. The van der Waals surface area contributed by atoms with Crippen LogP contribution in [-0.4, -0.2) is 76.3 Å². The van der Waals surface area contributed by atoms with Gasteiger partial charge in [0.1, 0.15) is 18.8 Å². The van der Waals surface area contributed by atoms with Crippen LogP contribution in [0.5, 0.6) is 0 Å². The average Bonchev–Trinajstić information content (AvgIpc) is 3.47. The van der Waals surface area contributed by atoms with Gasteiger partial charge in [0.05, 0.1) is 6.54 Å². The summed E-state index contributed by atoms with van der Waals surface area (Å²) in [6.45, 7) is -0.513. The summed E-state index contributed by atoms with van der Waals surface area (Å²) >= 11 is 1.62. The monoisotopic (exact) mass is 535 g/mol. The first-order valence-electron chi connectivity index (χ1n) is 12.6. The van der Waals surface area contributed by atoms with Crippen LogP contribution in [0, 0.1) is 0 Å². The molecule has 2 aliphatic rings. The lowest BCUT2D eigenvalue weighted by atomic mass is 9.98. The van der Waals surface area contributed by atoms with E-state index in [4.69, 9.17) is 0 Å². The molecule has 38 heavy (non-hydrogen) atoms. The first kappa shape index (κ1) is 25.9. The van der Waals surface area contributed by atoms with E-state index >= 15 is 0 Å². The lowest BCUT2D eigenvalue weighted by molar-refractivity contribution is -0.194. The number of nitrogens with zero attached hydrogens (tertiary/aromatic N) is 4. The molecule has 0 saturated carbocycles. The molecule has 2 aliphatic heterocycles. The quantitative estimate of drug-likeness (QED) is 0.450. The second-order valence-electron chi connectivity index (χ2n) is 9.37. The normalized spacial score (nSPS) is 20.0. The van der Waals surface area contributed by atoms with E-state index in [1.54, 1.807) is 16.2 Å². The molecule has 5 rings (SSSR count). The van der Waals surface area contributed by atoms with Gasteiger partial charge in [-0.15, -0.1) is 11.3 Å². The van der Waals surface area contributed by atoms with Crippen LogP contribution >= 0.6 is 11.3 Å². The van der Waals surface area contributed by atoms with Crippen molar-refractivity contribution in [1.82, 2.24) is 25.1 Å². The Morgan fingerprint density at radius 2 is 1.68 bits per heavy atom. The SMILES string of the molecule is O=C1[C@H](Cc2ccccc2)N2C(=O)CN(CF)N(C(=O)NCc3ccccc3)[C@H]2CN1CCc1cccs1. The fourth-order valence-corrected chi connectivity index (χ4v) is 5.79. The van der Waals surface area contributed by atoms with Gasteiger partial charge in [-0.05, 0) is 29.0 Å². The Morgan fingerprint density at radius 1 is 0.974 bits per heavy atom. The third-order valence-electron chi connectivity index (χ3n) is 6.94. The second kappa shape index (κ2) is 11.7. The number of amides is 4. The molecule has 1 N–H and O–H groups in total. The number of hydrogen-bond acceptors (Lipinski definition) is 5. The van der Waals surface area contributed by atoms with Crippen LogP contribution in [0.25, 0.3) is 0 Å². The molecule has 0 aliphatic carbocycles. The maximum absolute atomic E-state index is 14.2. The molecule has 3 aromatic rings. The molecule has 2 fully saturated rings. The van der Waals surface area contributed by atoms with Gasteiger partial charge in [-0.1, -0.05) is 66.7 Å². The third kappa shape index (κ3) is 5.56. The molecule has 198 valence electrons. The Kier molecular flexibility index (Phi) is 8.00. The lowest BCUT2D eigenvalue weighted by Crippen LogP contribution is -2.76. The summed E-state index contributed by atoms with van der Waals surface area (Å²) in [6, 6.07) is 21.6. The Balaban J connectivity index is 1.43. The van der Waals surface area contributed by atoms with Crippen molar-refractivity contribution >= 4 is 29.2 Å². The van der Waals surface area contributed by atoms with Crippen molar-refractivity contribution < 1.29 is 18.8 Å². The van der Waals surface area contributed by atoms with Crippen LogP contribution < -0.4 is 5.32 Å². The first-order valence-corrected chi connectivity index (χ1v) is 13.5. The molecule has 2 saturated heterocycles. The van der Waals surface area contributed by atoms with Crippen molar-refractivity contribution in [3.8, 4) is 0 Å². The zero-order valence-electron chi connectivity index (χ0n) is 20.9. The van der Waals surface area contributed by atoms with Gasteiger partial charge in [0.2, 0.25) is 11.8 Å². The molecule has 10 heteroatoms. The molecule has 3 heterocycles. The van der Waals surface area contributed by atoms with Crippen LogP contribution in [0.1, 0.15) is 16.0 Å². The van der Waals surface area contributed by atoms with Gasteiger partial charge < -0.3 is 15.1 Å². The largest absolute Gasteiger partial charge is 0.337 e. The minimum Gasteiger partial charge on any atom is -0.337 e. The number of halogens is 1. The highest BCUT2D eigenvalue weighted by Gasteiger charge is 2.51. The molecule has 0 unspecified atom stereocenters. The summed E-state index contributed by atoms with van der Waals surface area (Å²) in [7, 11) is 0. The Bertz CT molecular complexity index is 1240. The minimum atomic E-state index is -0.999. The highest BCUT2D eigenvalue weighted by Crippen LogP contribution is 2.28. The molecular formula is C28H30FN5O3S. The fraction of sp³-hybridized carbons (Fsp3) is 0.321. The number of piperazine rings is 1. The van der Waals surface area contributed by atoms with Gasteiger partial charge in [-0.3, -0.25) is 9.59 Å².